The van der Waals surface area contributed by atoms with Crippen LogP contribution < -0.4 is 16.2 Å². The van der Waals surface area contributed by atoms with E-state index in [0.29, 0.717) is 22.7 Å². The molecule has 110 valence electrons. The number of anilines is 3. The molecule has 0 bridgehead atoms. The first-order chi connectivity index (χ1) is 9.83. The predicted molar refractivity (Wildman–Crippen MR) is 81.1 cm³/mol. The maximum Gasteiger partial charge on any atom is 0.357 e. The van der Waals surface area contributed by atoms with E-state index in [0.717, 1.165) is 0 Å². The summed E-state index contributed by atoms with van der Waals surface area (Å²) in [6, 6.07) is 10.8. The van der Waals surface area contributed by atoms with Crippen LogP contribution in [0.25, 0.3) is 0 Å². The fraction of sp³-hybridized carbons (Fsp3) is 0. The van der Waals surface area contributed by atoms with Gasteiger partial charge in [0.1, 0.15) is 5.69 Å². The molecular weight excluding hydrogens is 294 g/mol. The highest BCUT2D eigenvalue weighted by atomic mass is 32.2. The Kier molecular flexibility index (Phi) is 4.05. The van der Waals surface area contributed by atoms with Crippen LogP contribution in [0.5, 0.6) is 0 Å². The summed E-state index contributed by atoms with van der Waals surface area (Å²) >= 11 is 0. The second-order valence-corrected chi connectivity index (χ2v) is 5.30. The van der Waals surface area contributed by atoms with E-state index < -0.39 is 10.3 Å². The van der Waals surface area contributed by atoms with Crippen molar-refractivity contribution in [3.05, 3.63) is 42.5 Å². The molecule has 0 radical (unpaired) electrons. The third-order valence-electron chi connectivity index (χ3n) is 2.44. The van der Waals surface area contributed by atoms with Gasteiger partial charge in [0.15, 0.2) is 0 Å². The molecular formula is C12H13N5O3S. The van der Waals surface area contributed by atoms with Crippen molar-refractivity contribution >= 4 is 38.7 Å². The Labute approximate surface area is 121 Å². The predicted octanol–water partition coefficient (Wildman–Crippen LogP) is 2.48. The maximum absolute atomic E-state index is 10.6. The smallest absolute Gasteiger partial charge is 0.357 e. The molecule has 0 saturated heterocycles. The van der Waals surface area contributed by atoms with Crippen LogP contribution in [0.1, 0.15) is 0 Å². The van der Waals surface area contributed by atoms with Crippen LogP contribution in [0.15, 0.2) is 52.7 Å². The number of nitrogens with zero attached hydrogens (tertiary/aromatic N) is 2. The van der Waals surface area contributed by atoms with Crippen LogP contribution in [0.4, 0.5) is 28.4 Å². The number of nitrogens with one attached hydrogen (secondary N) is 1. The quantitative estimate of drug-likeness (QED) is 0.389. The summed E-state index contributed by atoms with van der Waals surface area (Å²) in [6.45, 7) is 0. The van der Waals surface area contributed by atoms with E-state index in [2.05, 4.69) is 10.2 Å². The first-order valence-corrected chi connectivity index (χ1v) is 7.19. The Bertz CT molecular complexity index is 772. The number of nitrogens with two attached hydrogens (primary N) is 2. The lowest BCUT2D eigenvalue weighted by Crippen LogP contribution is -2.09. The lowest BCUT2D eigenvalue weighted by atomic mass is 10.2. The molecule has 0 aromatic heterocycles. The molecule has 0 atom stereocenters. The highest BCUT2D eigenvalue weighted by molar-refractivity contribution is 7.87. The Morgan fingerprint density at radius 3 is 2.24 bits per heavy atom. The first kappa shape index (κ1) is 14.8. The second-order valence-electron chi connectivity index (χ2n) is 4.14. The summed E-state index contributed by atoms with van der Waals surface area (Å²) in [6.07, 6.45) is 0. The monoisotopic (exact) mass is 307 g/mol. The number of hydrogen-bond donors (Lipinski definition) is 4. The lowest BCUT2D eigenvalue weighted by Gasteiger charge is -2.02. The van der Waals surface area contributed by atoms with Gasteiger partial charge in [0.2, 0.25) is 0 Å². The summed E-state index contributed by atoms with van der Waals surface area (Å²) in [5.74, 6) is 0. The van der Waals surface area contributed by atoms with Gasteiger partial charge in [-0.2, -0.15) is 13.5 Å². The van der Waals surface area contributed by atoms with Gasteiger partial charge < -0.3 is 11.5 Å². The zero-order chi connectivity index (χ0) is 15.5. The van der Waals surface area contributed by atoms with Crippen molar-refractivity contribution in [3.63, 3.8) is 0 Å². The number of nitrogen functional groups attached to an aromatic ring is 2. The van der Waals surface area contributed by atoms with Crippen molar-refractivity contribution in [1.82, 2.24) is 0 Å². The number of azo groups is 1. The van der Waals surface area contributed by atoms with Gasteiger partial charge in [0.05, 0.1) is 17.1 Å². The molecule has 2 aromatic carbocycles. The molecule has 0 saturated carbocycles. The van der Waals surface area contributed by atoms with E-state index in [-0.39, 0.29) is 5.69 Å². The minimum atomic E-state index is -4.29. The molecule has 0 unspecified atom stereocenters. The van der Waals surface area contributed by atoms with Gasteiger partial charge in [-0.1, -0.05) is 0 Å². The van der Waals surface area contributed by atoms with E-state index in [1.807, 2.05) is 4.72 Å². The SMILES string of the molecule is Nc1ccc(N=Nc2ccc(NS(=O)(=O)O)cc2)c(N)c1. The van der Waals surface area contributed by atoms with E-state index in [1.54, 1.807) is 18.2 Å². The minimum Gasteiger partial charge on any atom is -0.399 e. The molecule has 6 N–H and O–H groups in total. The molecule has 0 spiro atoms. The Balaban J connectivity index is 2.14. The molecule has 9 heteroatoms. The topological polar surface area (TPSA) is 143 Å². The van der Waals surface area contributed by atoms with Gasteiger partial charge >= 0.3 is 10.3 Å². The Hall–Kier alpha value is -2.65. The average molecular weight is 307 g/mol. The van der Waals surface area contributed by atoms with E-state index in [1.165, 1.54) is 24.3 Å². The van der Waals surface area contributed by atoms with Crippen LogP contribution in [0.2, 0.25) is 0 Å². The molecule has 0 aliphatic heterocycles. The Morgan fingerprint density at radius 1 is 1.00 bits per heavy atom. The van der Waals surface area contributed by atoms with Crippen LogP contribution in [0.3, 0.4) is 0 Å². The molecule has 2 rings (SSSR count). The molecule has 21 heavy (non-hydrogen) atoms. The van der Waals surface area contributed by atoms with Crippen molar-refractivity contribution in [3.8, 4) is 0 Å². The maximum atomic E-state index is 10.6. The van der Waals surface area contributed by atoms with Crippen LogP contribution in [-0.2, 0) is 10.3 Å². The second kappa shape index (κ2) is 5.77. The number of benzene rings is 2. The third-order valence-corrected chi connectivity index (χ3v) is 2.93. The van der Waals surface area contributed by atoms with Crippen molar-refractivity contribution in [2.45, 2.75) is 0 Å². The van der Waals surface area contributed by atoms with Gasteiger partial charge in [-0.25, -0.2) is 0 Å². The minimum absolute atomic E-state index is 0.212. The number of hydrogen-bond acceptors (Lipinski definition) is 6. The van der Waals surface area contributed by atoms with Gasteiger partial charge in [0.25, 0.3) is 0 Å². The highest BCUT2D eigenvalue weighted by Crippen LogP contribution is 2.26. The zero-order valence-corrected chi connectivity index (χ0v) is 11.6. The summed E-state index contributed by atoms with van der Waals surface area (Å²) in [5.41, 5.74) is 13.4. The summed E-state index contributed by atoms with van der Waals surface area (Å²) < 4.78 is 31.8. The van der Waals surface area contributed by atoms with Crippen molar-refractivity contribution in [2.24, 2.45) is 10.2 Å². The van der Waals surface area contributed by atoms with Crippen LogP contribution in [-0.4, -0.2) is 13.0 Å². The number of rotatable bonds is 4. The van der Waals surface area contributed by atoms with Crippen molar-refractivity contribution in [1.29, 1.82) is 0 Å². The van der Waals surface area contributed by atoms with Gasteiger partial charge in [0, 0.05) is 5.69 Å². The largest absolute Gasteiger partial charge is 0.399 e. The molecule has 8 nitrogen and oxygen atoms in total. The highest BCUT2D eigenvalue weighted by Gasteiger charge is 2.03. The van der Waals surface area contributed by atoms with Crippen molar-refractivity contribution in [2.75, 3.05) is 16.2 Å². The first-order valence-electron chi connectivity index (χ1n) is 5.75. The van der Waals surface area contributed by atoms with E-state index in [4.69, 9.17) is 16.0 Å². The molecule has 0 fully saturated rings. The normalized spacial score (nSPS) is 11.7. The third kappa shape index (κ3) is 4.44. The Morgan fingerprint density at radius 2 is 1.67 bits per heavy atom. The fourth-order valence-corrected chi connectivity index (χ4v) is 1.95. The molecule has 2 aromatic rings. The van der Waals surface area contributed by atoms with Crippen molar-refractivity contribution < 1.29 is 13.0 Å². The molecule has 0 aliphatic carbocycles. The van der Waals surface area contributed by atoms with Gasteiger partial charge in [-0.15, -0.1) is 5.11 Å². The molecule has 0 amide bonds. The average Bonchev–Trinajstić information content (AvgIpc) is 2.38. The standard InChI is InChI=1S/C12H13N5O3S/c13-8-1-6-12(11(14)7-8)16-15-9-2-4-10(5-3-9)17-21(18,19)20/h1-7,17H,13-14H2,(H,18,19,20). The fourth-order valence-electron chi connectivity index (χ4n) is 1.52. The van der Waals surface area contributed by atoms with Crippen LogP contribution in [0, 0.1) is 0 Å². The lowest BCUT2D eigenvalue weighted by molar-refractivity contribution is 0.489. The molecule has 0 aliphatic rings. The van der Waals surface area contributed by atoms with Gasteiger partial charge in [-0.3, -0.25) is 9.27 Å². The summed E-state index contributed by atoms with van der Waals surface area (Å²) in [5, 5.41) is 7.95. The molecule has 0 heterocycles. The van der Waals surface area contributed by atoms with Gasteiger partial charge in [-0.05, 0) is 42.5 Å². The summed E-state index contributed by atoms with van der Waals surface area (Å²) in [4.78, 5) is 0. The van der Waals surface area contributed by atoms with E-state index >= 15 is 0 Å². The zero-order valence-electron chi connectivity index (χ0n) is 10.8. The summed E-state index contributed by atoms with van der Waals surface area (Å²) in [7, 11) is -4.29. The van der Waals surface area contributed by atoms with E-state index in [9.17, 15) is 8.42 Å². The van der Waals surface area contributed by atoms with Crippen LogP contribution >= 0.6 is 0 Å².